The molecular weight excluding hydrogens is 326 g/mol. The van der Waals surface area contributed by atoms with Gasteiger partial charge in [-0.15, -0.1) is 0 Å². The quantitative estimate of drug-likeness (QED) is 0.924. The molecule has 1 aromatic heterocycles. The normalized spacial score (nSPS) is 23.0. The number of aryl methyl sites for hydroxylation is 1. The number of phenols is 1. The Morgan fingerprint density at radius 2 is 2.12 bits per heavy atom. The molecule has 5 nitrogen and oxygen atoms in total. The molecule has 136 valence electrons. The van der Waals surface area contributed by atoms with Crippen LogP contribution in [0.25, 0.3) is 0 Å². The summed E-state index contributed by atoms with van der Waals surface area (Å²) in [5, 5.41) is 9.72. The summed E-state index contributed by atoms with van der Waals surface area (Å²) in [6.45, 7) is 5.49. The molecule has 1 amide bonds. The second-order valence-corrected chi connectivity index (χ2v) is 7.61. The molecule has 0 aliphatic carbocycles. The second-order valence-electron chi connectivity index (χ2n) is 7.61. The highest BCUT2D eigenvalue weighted by Crippen LogP contribution is 2.30. The summed E-state index contributed by atoms with van der Waals surface area (Å²) in [6, 6.07) is 9.49. The van der Waals surface area contributed by atoms with Gasteiger partial charge in [0.05, 0.1) is 0 Å². The Balaban J connectivity index is 1.51. The highest BCUT2D eigenvalue weighted by molar-refractivity contribution is 5.95. The van der Waals surface area contributed by atoms with Gasteiger partial charge in [-0.05, 0) is 61.1 Å². The van der Waals surface area contributed by atoms with E-state index in [1.165, 1.54) is 12.0 Å². The summed E-state index contributed by atoms with van der Waals surface area (Å²) in [6.07, 6.45) is 5.98. The van der Waals surface area contributed by atoms with E-state index in [-0.39, 0.29) is 17.7 Å². The van der Waals surface area contributed by atoms with Crippen LogP contribution in [0.3, 0.4) is 0 Å². The summed E-state index contributed by atoms with van der Waals surface area (Å²) in [7, 11) is 0. The predicted octanol–water partition coefficient (Wildman–Crippen LogP) is 2.83. The largest absolute Gasteiger partial charge is 0.508 e. The fraction of sp³-hybridized carbons (Fsp3) is 0.429. The van der Waals surface area contributed by atoms with Crippen LogP contribution in [-0.2, 0) is 6.54 Å². The summed E-state index contributed by atoms with van der Waals surface area (Å²) in [4.78, 5) is 21.8. The van der Waals surface area contributed by atoms with E-state index in [0.717, 1.165) is 38.2 Å². The monoisotopic (exact) mass is 351 g/mol. The molecule has 5 rings (SSSR count). The molecule has 5 heteroatoms. The molecule has 0 radical (unpaired) electrons. The number of benzene rings is 1. The van der Waals surface area contributed by atoms with E-state index in [1.807, 2.05) is 19.2 Å². The standard InChI is InChI=1S/C21H25N3O2/c1-15-9-18(5-7-20(15)25)21(26)24-13-17-4-6-19(24)14-23(12-17)11-16-3-2-8-22-10-16/h2-3,5,7-10,17,19,25H,4,6,11-14H2,1H3/t17-,19+/m0/s1. The zero-order chi connectivity index (χ0) is 18.1. The minimum absolute atomic E-state index is 0.0889. The summed E-state index contributed by atoms with van der Waals surface area (Å²) < 4.78 is 0. The molecule has 3 saturated heterocycles. The van der Waals surface area contributed by atoms with Gasteiger partial charge in [-0.2, -0.15) is 0 Å². The number of fused-ring (bicyclic) bond motifs is 4. The number of phenolic OH excluding ortho intramolecular Hbond substituents is 1. The van der Waals surface area contributed by atoms with E-state index in [2.05, 4.69) is 20.9 Å². The van der Waals surface area contributed by atoms with Gasteiger partial charge in [0.2, 0.25) is 0 Å². The average Bonchev–Trinajstić information content (AvgIpc) is 2.95. The number of nitrogens with zero attached hydrogens (tertiary/aromatic N) is 3. The Morgan fingerprint density at radius 3 is 2.88 bits per heavy atom. The maximum Gasteiger partial charge on any atom is 0.254 e. The van der Waals surface area contributed by atoms with E-state index in [4.69, 9.17) is 0 Å². The summed E-state index contributed by atoms with van der Waals surface area (Å²) in [5.74, 6) is 0.847. The molecule has 4 heterocycles. The van der Waals surface area contributed by atoms with Crippen molar-refractivity contribution >= 4 is 5.91 Å². The second kappa shape index (κ2) is 7.08. The van der Waals surface area contributed by atoms with Crippen LogP contribution in [0.1, 0.15) is 34.3 Å². The van der Waals surface area contributed by atoms with Crippen LogP contribution in [0.4, 0.5) is 0 Å². The van der Waals surface area contributed by atoms with Gasteiger partial charge in [0, 0.05) is 50.2 Å². The van der Waals surface area contributed by atoms with Crippen LogP contribution in [0.5, 0.6) is 5.75 Å². The SMILES string of the molecule is Cc1cc(C(=O)N2C[C@H]3CC[C@@H]2CN(Cc2cccnc2)C3)ccc1O. The number of carbonyl (C=O) groups is 1. The molecule has 3 fully saturated rings. The first-order valence-corrected chi connectivity index (χ1v) is 9.32. The Morgan fingerprint density at radius 1 is 1.23 bits per heavy atom. The molecule has 0 unspecified atom stereocenters. The number of hydrogen-bond donors (Lipinski definition) is 1. The minimum Gasteiger partial charge on any atom is -0.508 e. The number of carbonyl (C=O) groups excluding carboxylic acids is 1. The van der Waals surface area contributed by atoms with Crippen LogP contribution < -0.4 is 0 Å². The zero-order valence-electron chi connectivity index (χ0n) is 15.1. The summed E-state index contributed by atoms with van der Waals surface area (Å²) >= 11 is 0. The van der Waals surface area contributed by atoms with Gasteiger partial charge in [-0.3, -0.25) is 14.7 Å². The average molecular weight is 351 g/mol. The molecule has 0 saturated carbocycles. The molecular formula is C21H25N3O2. The van der Waals surface area contributed by atoms with Crippen molar-refractivity contribution in [3.8, 4) is 5.75 Å². The number of piperidine rings is 1. The molecule has 3 aliphatic heterocycles. The van der Waals surface area contributed by atoms with Crippen LogP contribution in [0.15, 0.2) is 42.7 Å². The number of pyridine rings is 1. The maximum absolute atomic E-state index is 13.1. The smallest absolute Gasteiger partial charge is 0.254 e. The van der Waals surface area contributed by atoms with Gasteiger partial charge in [-0.25, -0.2) is 0 Å². The number of aromatic nitrogens is 1. The summed E-state index contributed by atoms with van der Waals surface area (Å²) in [5.41, 5.74) is 2.64. The third kappa shape index (κ3) is 3.44. The lowest BCUT2D eigenvalue weighted by Gasteiger charge is -2.36. The lowest BCUT2D eigenvalue weighted by Crippen LogP contribution is -2.47. The van der Waals surface area contributed by atoms with Gasteiger partial charge in [-0.1, -0.05) is 6.07 Å². The van der Waals surface area contributed by atoms with E-state index < -0.39 is 0 Å². The van der Waals surface area contributed by atoms with Crippen molar-refractivity contribution in [2.24, 2.45) is 5.92 Å². The number of amides is 1. The van der Waals surface area contributed by atoms with Crippen LogP contribution in [0, 0.1) is 12.8 Å². The van der Waals surface area contributed by atoms with Crippen molar-refractivity contribution in [1.82, 2.24) is 14.8 Å². The fourth-order valence-corrected chi connectivity index (χ4v) is 4.26. The maximum atomic E-state index is 13.1. The highest BCUT2D eigenvalue weighted by atomic mass is 16.3. The molecule has 3 aliphatic rings. The van der Waals surface area contributed by atoms with Crippen molar-refractivity contribution in [2.45, 2.75) is 32.4 Å². The first-order valence-electron chi connectivity index (χ1n) is 9.32. The number of aromatic hydroxyl groups is 1. The molecule has 2 aromatic rings. The Bertz CT molecular complexity index is 793. The van der Waals surface area contributed by atoms with Crippen molar-refractivity contribution in [1.29, 1.82) is 0 Å². The van der Waals surface area contributed by atoms with Gasteiger partial charge < -0.3 is 10.0 Å². The Labute approximate surface area is 154 Å². The third-order valence-corrected chi connectivity index (χ3v) is 5.62. The molecule has 1 N–H and O–H groups in total. The Kier molecular flexibility index (Phi) is 4.64. The first-order chi connectivity index (χ1) is 12.6. The molecule has 1 aromatic carbocycles. The Hall–Kier alpha value is -2.40. The molecule has 2 bridgehead atoms. The highest BCUT2D eigenvalue weighted by Gasteiger charge is 2.37. The van der Waals surface area contributed by atoms with Gasteiger partial charge in [0.1, 0.15) is 5.75 Å². The lowest BCUT2D eigenvalue weighted by atomic mass is 9.94. The van der Waals surface area contributed by atoms with Gasteiger partial charge >= 0.3 is 0 Å². The lowest BCUT2D eigenvalue weighted by molar-refractivity contribution is 0.0585. The van der Waals surface area contributed by atoms with Gasteiger partial charge in [0.15, 0.2) is 0 Å². The van der Waals surface area contributed by atoms with E-state index >= 15 is 0 Å². The van der Waals surface area contributed by atoms with Crippen LogP contribution in [0.2, 0.25) is 0 Å². The molecule has 0 spiro atoms. The van der Waals surface area contributed by atoms with Crippen LogP contribution >= 0.6 is 0 Å². The molecule has 26 heavy (non-hydrogen) atoms. The third-order valence-electron chi connectivity index (χ3n) is 5.62. The van der Waals surface area contributed by atoms with E-state index in [0.29, 0.717) is 11.5 Å². The van der Waals surface area contributed by atoms with Crippen molar-refractivity contribution in [2.75, 3.05) is 19.6 Å². The molecule has 2 atom stereocenters. The zero-order valence-corrected chi connectivity index (χ0v) is 15.1. The van der Waals surface area contributed by atoms with Crippen molar-refractivity contribution in [3.05, 3.63) is 59.4 Å². The van der Waals surface area contributed by atoms with E-state index in [1.54, 1.807) is 24.4 Å². The van der Waals surface area contributed by atoms with E-state index in [9.17, 15) is 9.90 Å². The number of rotatable bonds is 3. The fourth-order valence-electron chi connectivity index (χ4n) is 4.26. The predicted molar refractivity (Wildman–Crippen MR) is 99.9 cm³/mol. The minimum atomic E-state index is 0.0889. The van der Waals surface area contributed by atoms with Gasteiger partial charge in [0.25, 0.3) is 5.91 Å². The first kappa shape index (κ1) is 17.0. The number of hydrogen-bond acceptors (Lipinski definition) is 4. The van der Waals surface area contributed by atoms with Crippen molar-refractivity contribution in [3.63, 3.8) is 0 Å². The topological polar surface area (TPSA) is 56.7 Å². The van der Waals surface area contributed by atoms with Crippen LogP contribution in [-0.4, -0.2) is 51.5 Å². The van der Waals surface area contributed by atoms with Crippen molar-refractivity contribution < 1.29 is 9.90 Å².